The molecular weight excluding hydrogens is 430 g/mol. The zero-order valence-corrected chi connectivity index (χ0v) is 20.1. The third-order valence-corrected chi connectivity index (χ3v) is 5.94. The highest BCUT2D eigenvalue weighted by atomic mass is 16.5. The molecule has 0 bridgehead atoms. The lowest BCUT2D eigenvalue weighted by molar-refractivity contribution is -0.121. The van der Waals surface area contributed by atoms with Gasteiger partial charge >= 0.3 is 0 Å². The van der Waals surface area contributed by atoms with Crippen molar-refractivity contribution < 1.29 is 14.3 Å². The molecule has 0 saturated heterocycles. The van der Waals surface area contributed by atoms with Crippen molar-refractivity contribution in [3.63, 3.8) is 0 Å². The van der Waals surface area contributed by atoms with Crippen molar-refractivity contribution in [2.75, 3.05) is 14.2 Å². The lowest BCUT2D eigenvalue weighted by atomic mass is 10.1. The quantitative estimate of drug-likeness (QED) is 0.424. The first-order chi connectivity index (χ1) is 16.4. The molecule has 2 heterocycles. The molecule has 0 saturated carbocycles. The first kappa shape index (κ1) is 23.2. The second kappa shape index (κ2) is 9.91. The van der Waals surface area contributed by atoms with Crippen molar-refractivity contribution in [2.45, 2.75) is 39.7 Å². The van der Waals surface area contributed by atoms with Gasteiger partial charge in [0, 0.05) is 29.4 Å². The summed E-state index contributed by atoms with van der Waals surface area (Å²) in [6.07, 6.45) is 0.927. The van der Waals surface area contributed by atoms with Crippen LogP contribution in [0.15, 0.2) is 48.5 Å². The Balaban J connectivity index is 1.55. The first-order valence-electron chi connectivity index (χ1n) is 11.2. The predicted molar refractivity (Wildman–Crippen MR) is 130 cm³/mol. The number of benzene rings is 2. The maximum absolute atomic E-state index is 12.6. The Morgan fingerprint density at radius 2 is 1.71 bits per heavy atom. The second-order valence-corrected chi connectivity index (χ2v) is 8.21. The monoisotopic (exact) mass is 459 g/mol. The molecule has 4 rings (SSSR count). The molecule has 0 unspecified atom stereocenters. The molecule has 2 aromatic carbocycles. The zero-order valence-electron chi connectivity index (χ0n) is 20.1. The van der Waals surface area contributed by atoms with Crippen LogP contribution < -0.4 is 14.8 Å². The molecule has 0 aliphatic heterocycles. The van der Waals surface area contributed by atoms with Gasteiger partial charge in [-0.15, -0.1) is 5.10 Å². The summed E-state index contributed by atoms with van der Waals surface area (Å²) in [4.78, 5) is 21.9. The summed E-state index contributed by atoms with van der Waals surface area (Å²) in [5.74, 6) is 2.35. The highest BCUT2D eigenvalue weighted by Gasteiger charge is 2.17. The molecule has 176 valence electrons. The van der Waals surface area contributed by atoms with Crippen molar-refractivity contribution in [1.29, 1.82) is 0 Å². The van der Waals surface area contributed by atoms with E-state index in [1.54, 1.807) is 24.8 Å². The largest absolute Gasteiger partial charge is 0.497 e. The van der Waals surface area contributed by atoms with Crippen LogP contribution in [0.2, 0.25) is 0 Å². The Morgan fingerprint density at radius 1 is 1.03 bits per heavy atom. The summed E-state index contributed by atoms with van der Waals surface area (Å²) in [7, 11) is 3.21. The standard InChI is InChI=1S/C26H29N5O3/c1-16(19-9-7-6-8-10-19)27-24(32)12-11-23-17(2)28-26-29-25(30-31(26)18(23)3)20-13-21(33-4)15-22(14-20)34-5/h6-10,13-16H,11-12H2,1-5H3,(H,27,32)/t16-/m1/s1. The molecule has 1 N–H and O–H groups in total. The maximum Gasteiger partial charge on any atom is 0.253 e. The number of fused-ring (bicyclic) bond motifs is 1. The minimum atomic E-state index is -0.0470. The minimum Gasteiger partial charge on any atom is -0.497 e. The van der Waals surface area contributed by atoms with E-state index in [1.165, 1.54) is 0 Å². The number of nitrogens with zero attached hydrogens (tertiary/aromatic N) is 4. The van der Waals surface area contributed by atoms with Crippen molar-refractivity contribution in [3.8, 4) is 22.9 Å². The number of amides is 1. The Bertz CT molecular complexity index is 1300. The molecular formula is C26H29N5O3. The molecule has 1 amide bonds. The number of aromatic nitrogens is 4. The average Bonchev–Trinajstić information content (AvgIpc) is 3.28. The van der Waals surface area contributed by atoms with E-state index in [0.717, 1.165) is 28.1 Å². The van der Waals surface area contributed by atoms with E-state index < -0.39 is 0 Å². The van der Waals surface area contributed by atoms with Crippen LogP contribution in [0, 0.1) is 13.8 Å². The fourth-order valence-corrected chi connectivity index (χ4v) is 4.01. The van der Waals surface area contributed by atoms with Crippen molar-refractivity contribution >= 4 is 11.7 Å². The van der Waals surface area contributed by atoms with Gasteiger partial charge in [0.2, 0.25) is 5.91 Å². The predicted octanol–water partition coefficient (Wildman–Crippen LogP) is 4.24. The normalized spacial score (nSPS) is 11.9. The Kier molecular flexibility index (Phi) is 6.77. The number of aryl methyl sites for hydroxylation is 2. The van der Waals surface area contributed by atoms with Crippen LogP contribution in [0.1, 0.15) is 41.9 Å². The SMILES string of the molecule is COc1cc(OC)cc(-c2nc3nc(C)c(CCC(=O)N[C@H](C)c4ccccc4)c(C)n3n2)c1. The van der Waals surface area contributed by atoms with Crippen LogP contribution in [0.5, 0.6) is 11.5 Å². The maximum atomic E-state index is 12.6. The van der Waals surface area contributed by atoms with E-state index in [4.69, 9.17) is 9.47 Å². The van der Waals surface area contributed by atoms with Gasteiger partial charge in [-0.3, -0.25) is 4.79 Å². The summed E-state index contributed by atoms with van der Waals surface area (Å²) < 4.78 is 12.5. The van der Waals surface area contributed by atoms with Gasteiger partial charge in [-0.2, -0.15) is 4.98 Å². The van der Waals surface area contributed by atoms with Crippen molar-refractivity contribution in [3.05, 3.63) is 71.0 Å². The van der Waals surface area contributed by atoms with Crippen LogP contribution >= 0.6 is 0 Å². The molecule has 8 nitrogen and oxygen atoms in total. The lowest BCUT2D eigenvalue weighted by Crippen LogP contribution is -2.27. The molecule has 0 spiro atoms. The van der Waals surface area contributed by atoms with Gasteiger partial charge in [0.1, 0.15) is 11.5 Å². The van der Waals surface area contributed by atoms with E-state index in [0.29, 0.717) is 35.9 Å². The molecule has 34 heavy (non-hydrogen) atoms. The first-order valence-corrected chi connectivity index (χ1v) is 11.2. The van der Waals surface area contributed by atoms with Gasteiger partial charge in [0.05, 0.1) is 20.3 Å². The number of carbonyl (C=O) groups excluding carboxylic acids is 1. The molecule has 1 atom stereocenters. The van der Waals surface area contributed by atoms with Crippen LogP contribution in [0.3, 0.4) is 0 Å². The Hall–Kier alpha value is -3.94. The molecule has 4 aromatic rings. The summed E-state index contributed by atoms with van der Waals surface area (Å²) in [6.45, 7) is 5.91. The Labute approximate surface area is 199 Å². The fraction of sp³-hybridized carbons (Fsp3) is 0.308. The summed E-state index contributed by atoms with van der Waals surface area (Å²) in [5, 5.41) is 7.75. The van der Waals surface area contributed by atoms with Gasteiger partial charge in [0.25, 0.3) is 5.78 Å². The summed E-state index contributed by atoms with van der Waals surface area (Å²) in [6, 6.07) is 15.4. The number of nitrogens with one attached hydrogen (secondary N) is 1. The van der Waals surface area contributed by atoms with Gasteiger partial charge in [-0.25, -0.2) is 9.50 Å². The van der Waals surface area contributed by atoms with Crippen LogP contribution in [-0.4, -0.2) is 39.7 Å². The number of hydrogen-bond acceptors (Lipinski definition) is 6. The topological polar surface area (TPSA) is 90.6 Å². The lowest BCUT2D eigenvalue weighted by Gasteiger charge is -2.15. The summed E-state index contributed by atoms with van der Waals surface area (Å²) in [5.41, 5.74) is 4.61. The molecule has 0 aliphatic rings. The van der Waals surface area contributed by atoms with Gasteiger partial charge in [-0.1, -0.05) is 30.3 Å². The number of ether oxygens (including phenoxy) is 2. The number of rotatable bonds is 8. The third-order valence-electron chi connectivity index (χ3n) is 5.94. The average molecular weight is 460 g/mol. The van der Waals surface area contributed by atoms with Crippen LogP contribution in [0.4, 0.5) is 0 Å². The van der Waals surface area contributed by atoms with E-state index in [2.05, 4.69) is 20.4 Å². The molecule has 2 aromatic heterocycles. The van der Waals surface area contributed by atoms with Crippen LogP contribution in [0.25, 0.3) is 17.2 Å². The fourth-order valence-electron chi connectivity index (χ4n) is 4.01. The number of hydrogen-bond donors (Lipinski definition) is 1. The molecule has 0 fully saturated rings. The smallest absolute Gasteiger partial charge is 0.253 e. The van der Waals surface area contributed by atoms with Gasteiger partial charge in [0.15, 0.2) is 5.82 Å². The highest BCUT2D eigenvalue weighted by Crippen LogP contribution is 2.28. The molecule has 0 radical (unpaired) electrons. The summed E-state index contributed by atoms with van der Waals surface area (Å²) >= 11 is 0. The molecule has 8 heteroatoms. The minimum absolute atomic E-state index is 0.00185. The Morgan fingerprint density at radius 3 is 2.35 bits per heavy atom. The molecule has 0 aliphatic carbocycles. The third kappa shape index (κ3) is 4.85. The van der Waals surface area contributed by atoms with Crippen LogP contribution in [-0.2, 0) is 11.2 Å². The highest BCUT2D eigenvalue weighted by molar-refractivity contribution is 5.76. The number of carbonyl (C=O) groups is 1. The van der Waals surface area contributed by atoms with E-state index >= 15 is 0 Å². The van der Waals surface area contributed by atoms with Gasteiger partial charge < -0.3 is 14.8 Å². The van der Waals surface area contributed by atoms with Gasteiger partial charge in [-0.05, 0) is 50.5 Å². The zero-order chi connectivity index (χ0) is 24.2. The van der Waals surface area contributed by atoms with Crippen molar-refractivity contribution in [1.82, 2.24) is 24.9 Å². The number of methoxy groups -OCH3 is 2. The van der Waals surface area contributed by atoms with E-state index in [9.17, 15) is 4.79 Å². The van der Waals surface area contributed by atoms with Crippen molar-refractivity contribution in [2.24, 2.45) is 0 Å². The second-order valence-electron chi connectivity index (χ2n) is 8.21. The van der Waals surface area contributed by atoms with E-state index in [-0.39, 0.29) is 11.9 Å². The van der Waals surface area contributed by atoms with E-state index in [1.807, 2.05) is 63.2 Å².